The minimum absolute atomic E-state index is 0.0257. The van der Waals surface area contributed by atoms with Crippen molar-refractivity contribution in [3.8, 4) is 12.3 Å². The van der Waals surface area contributed by atoms with Crippen LogP contribution in [0.5, 0.6) is 0 Å². The molecule has 0 radical (unpaired) electrons. The van der Waals surface area contributed by atoms with Crippen LogP contribution in [-0.4, -0.2) is 42.4 Å². The van der Waals surface area contributed by atoms with E-state index in [4.69, 9.17) is 12.0 Å². The minimum atomic E-state index is -0.445. The fraction of sp³-hybridized carbons (Fsp3) is 0.692. The SMILES string of the molecule is C#CCN(CC(=O)NC1CCCCC1)C(=O)CN=[N+]=[N-]. The highest BCUT2D eigenvalue weighted by Gasteiger charge is 2.19. The third-order valence-electron chi connectivity index (χ3n) is 3.21. The Hall–Kier alpha value is -2.19. The number of hydrogen-bond donors (Lipinski definition) is 1. The Kier molecular flexibility index (Phi) is 7.01. The van der Waals surface area contributed by atoms with Gasteiger partial charge in [0.1, 0.15) is 13.1 Å². The Morgan fingerprint density at radius 3 is 2.70 bits per heavy atom. The zero-order valence-electron chi connectivity index (χ0n) is 11.4. The summed E-state index contributed by atoms with van der Waals surface area (Å²) in [6.45, 7) is -0.396. The van der Waals surface area contributed by atoms with Gasteiger partial charge < -0.3 is 10.2 Å². The molecule has 0 unspecified atom stereocenters. The first kappa shape index (κ1) is 15.9. The molecule has 7 nitrogen and oxygen atoms in total. The molecule has 0 aromatic carbocycles. The summed E-state index contributed by atoms with van der Waals surface area (Å²) in [4.78, 5) is 27.3. The van der Waals surface area contributed by atoms with Crippen LogP contribution in [0.4, 0.5) is 0 Å². The van der Waals surface area contributed by atoms with Crippen LogP contribution in [0.25, 0.3) is 10.4 Å². The van der Waals surface area contributed by atoms with Gasteiger partial charge in [-0.3, -0.25) is 9.59 Å². The standard InChI is InChI=1S/C13H19N5O2/c1-2-8-18(13(20)9-15-17-14)10-12(19)16-11-6-4-3-5-7-11/h1,11H,3-10H2,(H,16,19). The largest absolute Gasteiger partial charge is 0.352 e. The van der Waals surface area contributed by atoms with Crippen LogP contribution in [-0.2, 0) is 9.59 Å². The maximum absolute atomic E-state index is 11.9. The molecule has 2 amide bonds. The summed E-state index contributed by atoms with van der Waals surface area (Å²) in [5, 5.41) is 6.10. The number of azide groups is 1. The Balaban J connectivity index is 2.47. The van der Waals surface area contributed by atoms with E-state index in [-0.39, 0.29) is 31.6 Å². The van der Waals surface area contributed by atoms with Gasteiger partial charge >= 0.3 is 0 Å². The Morgan fingerprint density at radius 2 is 2.10 bits per heavy atom. The second-order valence-electron chi connectivity index (χ2n) is 4.75. The van der Waals surface area contributed by atoms with Gasteiger partial charge in [-0.15, -0.1) is 6.42 Å². The van der Waals surface area contributed by atoms with Gasteiger partial charge in [-0.05, 0) is 18.4 Å². The molecule has 1 aliphatic carbocycles. The van der Waals surface area contributed by atoms with Gasteiger partial charge in [0.15, 0.2) is 0 Å². The molecular weight excluding hydrogens is 258 g/mol. The fourth-order valence-electron chi connectivity index (χ4n) is 2.23. The van der Waals surface area contributed by atoms with E-state index in [1.54, 1.807) is 0 Å². The monoisotopic (exact) mass is 277 g/mol. The van der Waals surface area contributed by atoms with E-state index in [2.05, 4.69) is 21.3 Å². The first-order chi connectivity index (χ1) is 9.67. The predicted molar refractivity (Wildman–Crippen MR) is 74.4 cm³/mol. The first-order valence-corrected chi connectivity index (χ1v) is 6.69. The van der Waals surface area contributed by atoms with Gasteiger partial charge in [0.05, 0.1) is 6.54 Å². The van der Waals surface area contributed by atoms with Crippen molar-refractivity contribution in [2.24, 2.45) is 5.11 Å². The number of hydrogen-bond acceptors (Lipinski definition) is 3. The van der Waals surface area contributed by atoms with Crippen molar-refractivity contribution in [2.45, 2.75) is 38.1 Å². The minimum Gasteiger partial charge on any atom is -0.352 e. The van der Waals surface area contributed by atoms with E-state index in [9.17, 15) is 9.59 Å². The Bertz CT molecular complexity index is 431. The Labute approximate surface area is 118 Å². The zero-order valence-corrected chi connectivity index (χ0v) is 11.4. The van der Waals surface area contributed by atoms with Crippen LogP contribution in [0.3, 0.4) is 0 Å². The molecule has 0 saturated heterocycles. The number of carbonyl (C=O) groups excluding carboxylic acids is 2. The highest BCUT2D eigenvalue weighted by atomic mass is 16.2. The van der Waals surface area contributed by atoms with E-state index in [0.29, 0.717) is 0 Å². The smallest absolute Gasteiger partial charge is 0.239 e. The van der Waals surface area contributed by atoms with E-state index >= 15 is 0 Å². The van der Waals surface area contributed by atoms with Gasteiger partial charge in [-0.1, -0.05) is 30.3 Å². The highest BCUT2D eigenvalue weighted by molar-refractivity contribution is 5.86. The third-order valence-corrected chi connectivity index (χ3v) is 3.21. The van der Waals surface area contributed by atoms with Gasteiger partial charge in [-0.25, -0.2) is 0 Å². The molecule has 0 atom stereocenters. The third kappa shape index (κ3) is 5.63. The summed E-state index contributed by atoms with van der Waals surface area (Å²) >= 11 is 0. The number of rotatable bonds is 6. The lowest BCUT2D eigenvalue weighted by molar-refractivity contribution is -0.134. The topological polar surface area (TPSA) is 98.2 Å². The number of amides is 2. The molecule has 20 heavy (non-hydrogen) atoms. The quantitative estimate of drug-likeness (QED) is 0.341. The number of carbonyl (C=O) groups is 2. The lowest BCUT2D eigenvalue weighted by atomic mass is 9.95. The van der Waals surface area contributed by atoms with Gasteiger partial charge in [0.25, 0.3) is 0 Å². The van der Waals surface area contributed by atoms with Crippen LogP contribution >= 0.6 is 0 Å². The van der Waals surface area contributed by atoms with E-state index in [1.165, 1.54) is 11.3 Å². The van der Waals surface area contributed by atoms with Crippen molar-refractivity contribution in [1.29, 1.82) is 0 Å². The fourth-order valence-corrected chi connectivity index (χ4v) is 2.23. The molecule has 0 heterocycles. The second-order valence-corrected chi connectivity index (χ2v) is 4.75. The molecule has 0 spiro atoms. The second kappa shape index (κ2) is 8.83. The summed E-state index contributed by atoms with van der Waals surface area (Å²) < 4.78 is 0. The molecule has 1 saturated carbocycles. The summed E-state index contributed by atoms with van der Waals surface area (Å²) in [6, 6.07) is 0.191. The van der Waals surface area contributed by atoms with Crippen LogP contribution < -0.4 is 5.32 Å². The molecule has 0 aromatic rings. The predicted octanol–water partition coefficient (Wildman–Crippen LogP) is 1.21. The molecule has 7 heteroatoms. The summed E-state index contributed by atoms with van der Waals surface area (Å²) in [5.74, 6) is 1.66. The van der Waals surface area contributed by atoms with Crippen molar-refractivity contribution in [2.75, 3.05) is 19.6 Å². The maximum Gasteiger partial charge on any atom is 0.239 e. The van der Waals surface area contributed by atoms with E-state index in [1.807, 2.05) is 0 Å². The van der Waals surface area contributed by atoms with Crippen molar-refractivity contribution in [1.82, 2.24) is 10.2 Å². The van der Waals surface area contributed by atoms with Crippen molar-refractivity contribution in [3.63, 3.8) is 0 Å². The molecule has 108 valence electrons. The van der Waals surface area contributed by atoms with Crippen LogP contribution in [0.2, 0.25) is 0 Å². The van der Waals surface area contributed by atoms with E-state index < -0.39 is 5.91 Å². The van der Waals surface area contributed by atoms with Crippen molar-refractivity contribution >= 4 is 11.8 Å². The first-order valence-electron chi connectivity index (χ1n) is 6.69. The molecule has 1 fully saturated rings. The summed E-state index contributed by atoms with van der Waals surface area (Å²) in [6.07, 6.45) is 10.6. The molecule has 1 N–H and O–H groups in total. The van der Waals surface area contributed by atoms with Crippen LogP contribution in [0.1, 0.15) is 32.1 Å². The lowest BCUT2D eigenvalue weighted by Crippen LogP contribution is -2.45. The molecular formula is C13H19N5O2. The Morgan fingerprint density at radius 1 is 1.40 bits per heavy atom. The average Bonchev–Trinajstić information content (AvgIpc) is 2.45. The average molecular weight is 277 g/mol. The number of nitrogens with one attached hydrogen (secondary N) is 1. The lowest BCUT2D eigenvalue weighted by Gasteiger charge is -2.25. The zero-order chi connectivity index (χ0) is 14.8. The molecule has 0 bridgehead atoms. The van der Waals surface area contributed by atoms with Crippen LogP contribution in [0.15, 0.2) is 5.11 Å². The normalized spacial score (nSPS) is 14.8. The van der Waals surface area contributed by atoms with Gasteiger partial charge in [0, 0.05) is 11.0 Å². The van der Waals surface area contributed by atoms with Crippen molar-refractivity contribution in [3.05, 3.63) is 10.4 Å². The molecule has 0 aromatic heterocycles. The molecule has 0 aliphatic heterocycles. The number of nitrogens with zero attached hydrogens (tertiary/aromatic N) is 4. The van der Waals surface area contributed by atoms with E-state index in [0.717, 1.165) is 25.7 Å². The maximum atomic E-state index is 11.9. The van der Waals surface area contributed by atoms with Gasteiger partial charge in [0.2, 0.25) is 11.8 Å². The molecule has 1 rings (SSSR count). The van der Waals surface area contributed by atoms with Crippen molar-refractivity contribution < 1.29 is 9.59 Å². The molecule has 1 aliphatic rings. The summed E-state index contributed by atoms with van der Waals surface area (Å²) in [7, 11) is 0. The highest BCUT2D eigenvalue weighted by Crippen LogP contribution is 2.17. The van der Waals surface area contributed by atoms with Crippen LogP contribution in [0, 0.1) is 12.3 Å². The number of terminal acetylenes is 1. The van der Waals surface area contributed by atoms with Gasteiger partial charge in [-0.2, -0.15) is 0 Å². The summed E-state index contributed by atoms with van der Waals surface area (Å²) in [5.41, 5.74) is 8.19.